The van der Waals surface area contributed by atoms with Gasteiger partial charge in [-0.05, 0) is 34.1 Å². The van der Waals surface area contributed by atoms with Crippen LogP contribution in [0.5, 0.6) is 0 Å². The lowest BCUT2D eigenvalue weighted by Crippen LogP contribution is -2.11. The van der Waals surface area contributed by atoms with E-state index >= 15 is 0 Å². The first-order valence-electron chi connectivity index (χ1n) is 6.02. The number of carbonyl (C=O) groups excluding carboxylic acids is 1. The number of hydrogen-bond acceptors (Lipinski definition) is 2. The molecule has 0 saturated carbocycles. The van der Waals surface area contributed by atoms with Gasteiger partial charge >= 0.3 is 0 Å². The lowest BCUT2D eigenvalue weighted by Gasteiger charge is -2.05. The number of benzene rings is 2. The van der Waals surface area contributed by atoms with Crippen LogP contribution in [-0.4, -0.2) is 10.5 Å². The van der Waals surface area contributed by atoms with Crippen molar-refractivity contribution in [3.63, 3.8) is 0 Å². The Morgan fingerprint density at radius 1 is 1.10 bits per heavy atom. The number of carbonyl (C=O) groups is 1. The highest BCUT2D eigenvalue weighted by molar-refractivity contribution is 9.10. The Balaban J connectivity index is 2.24. The van der Waals surface area contributed by atoms with Gasteiger partial charge in [-0.3, -0.25) is 9.36 Å². The van der Waals surface area contributed by atoms with Gasteiger partial charge in [0.15, 0.2) is 0 Å². The minimum atomic E-state index is -0.157. The molecule has 0 aliphatic carbocycles. The predicted molar refractivity (Wildman–Crippen MR) is 80.5 cm³/mol. The molecule has 0 bridgehead atoms. The van der Waals surface area contributed by atoms with E-state index in [9.17, 15) is 10.1 Å². The van der Waals surface area contributed by atoms with Crippen molar-refractivity contribution >= 4 is 32.7 Å². The monoisotopic (exact) mass is 324 g/mol. The molecule has 0 aliphatic rings. The fourth-order valence-corrected chi connectivity index (χ4v) is 2.66. The summed E-state index contributed by atoms with van der Waals surface area (Å²) in [4.78, 5) is 12.6. The zero-order valence-electron chi connectivity index (χ0n) is 10.4. The predicted octanol–water partition coefficient (Wildman–Crippen LogP) is 3.96. The van der Waals surface area contributed by atoms with Crippen LogP contribution < -0.4 is 0 Å². The number of nitrogens with zero attached hydrogens (tertiary/aromatic N) is 2. The number of aromatic nitrogens is 1. The summed E-state index contributed by atoms with van der Waals surface area (Å²) in [6.07, 6.45) is 1.59. The molecule has 0 amide bonds. The number of para-hydroxylation sites is 1. The fourth-order valence-electron chi connectivity index (χ4n) is 2.20. The molecule has 3 nitrogen and oxygen atoms in total. The summed E-state index contributed by atoms with van der Waals surface area (Å²) in [5.41, 5.74) is 1.81. The second-order valence-corrected chi connectivity index (χ2v) is 5.18. The second-order valence-electron chi connectivity index (χ2n) is 4.33. The van der Waals surface area contributed by atoms with Crippen molar-refractivity contribution in [2.24, 2.45) is 0 Å². The molecule has 0 aliphatic heterocycles. The van der Waals surface area contributed by atoms with Crippen LogP contribution in [0.15, 0.2) is 59.2 Å². The van der Waals surface area contributed by atoms with Gasteiger partial charge < -0.3 is 0 Å². The van der Waals surface area contributed by atoms with Crippen LogP contribution in [0, 0.1) is 11.3 Å². The van der Waals surface area contributed by atoms with Gasteiger partial charge in [0.25, 0.3) is 5.91 Å². The molecule has 0 unspecified atom stereocenters. The van der Waals surface area contributed by atoms with Gasteiger partial charge in [0.2, 0.25) is 0 Å². The minimum absolute atomic E-state index is 0.157. The van der Waals surface area contributed by atoms with Crippen molar-refractivity contribution in [2.75, 3.05) is 0 Å². The van der Waals surface area contributed by atoms with Gasteiger partial charge in [0.1, 0.15) is 6.07 Å². The second kappa shape index (κ2) is 4.95. The first-order valence-corrected chi connectivity index (χ1v) is 6.81. The normalized spacial score (nSPS) is 10.4. The number of halogens is 1. The molecule has 2 aromatic carbocycles. The quantitative estimate of drug-likeness (QED) is 0.680. The molecule has 1 aromatic heterocycles. The van der Waals surface area contributed by atoms with Gasteiger partial charge in [-0.2, -0.15) is 5.26 Å². The Morgan fingerprint density at radius 3 is 2.55 bits per heavy atom. The van der Waals surface area contributed by atoms with Crippen LogP contribution in [0.2, 0.25) is 0 Å². The summed E-state index contributed by atoms with van der Waals surface area (Å²) in [5, 5.41) is 9.96. The van der Waals surface area contributed by atoms with Crippen LogP contribution in [0.3, 0.4) is 0 Å². The zero-order valence-corrected chi connectivity index (χ0v) is 12.0. The Hall–Kier alpha value is -2.38. The summed E-state index contributed by atoms with van der Waals surface area (Å²) >= 11 is 3.38. The third kappa shape index (κ3) is 1.93. The fraction of sp³-hybridized carbons (Fsp3) is 0. The number of nitriles is 1. The molecule has 3 rings (SSSR count). The summed E-state index contributed by atoms with van der Waals surface area (Å²) in [6.45, 7) is 0. The molecule has 3 aromatic rings. The largest absolute Gasteiger partial charge is 0.282 e. The molecule has 4 heteroatoms. The van der Waals surface area contributed by atoms with E-state index in [2.05, 4.69) is 22.0 Å². The molecule has 0 saturated heterocycles. The van der Waals surface area contributed by atoms with Gasteiger partial charge in [-0.15, -0.1) is 0 Å². The number of hydrogen-bond donors (Lipinski definition) is 0. The Labute approximate surface area is 124 Å². The molecule has 20 heavy (non-hydrogen) atoms. The maximum Gasteiger partial charge on any atom is 0.263 e. The van der Waals surface area contributed by atoms with E-state index in [0.717, 1.165) is 15.4 Å². The van der Waals surface area contributed by atoms with Crippen LogP contribution in [0.1, 0.15) is 15.9 Å². The lowest BCUT2D eigenvalue weighted by molar-refractivity contribution is 0.0964. The standard InChI is InChI=1S/C16H9BrN2O/c17-14-7-3-1-6-13(14)16(20)19-10-11(9-18)12-5-2-4-8-15(12)19/h1-8,10H. The molecule has 0 radical (unpaired) electrons. The van der Waals surface area contributed by atoms with E-state index in [1.165, 1.54) is 4.57 Å². The van der Waals surface area contributed by atoms with E-state index in [1.807, 2.05) is 42.5 Å². The summed E-state index contributed by atoms with van der Waals surface area (Å²) < 4.78 is 2.26. The van der Waals surface area contributed by atoms with Gasteiger partial charge in [0.05, 0.1) is 16.6 Å². The average Bonchev–Trinajstić information content (AvgIpc) is 2.86. The third-order valence-corrected chi connectivity index (χ3v) is 3.85. The Kier molecular flexibility index (Phi) is 3.13. The first-order chi connectivity index (χ1) is 9.72. The van der Waals surface area contributed by atoms with Crippen molar-refractivity contribution in [3.05, 3.63) is 70.3 Å². The molecule has 0 N–H and O–H groups in total. The first kappa shape index (κ1) is 12.6. The van der Waals surface area contributed by atoms with Crippen LogP contribution in [0.4, 0.5) is 0 Å². The van der Waals surface area contributed by atoms with Crippen molar-refractivity contribution < 1.29 is 4.79 Å². The Morgan fingerprint density at radius 2 is 1.80 bits per heavy atom. The minimum Gasteiger partial charge on any atom is -0.282 e. The lowest BCUT2D eigenvalue weighted by atomic mass is 10.2. The van der Waals surface area contributed by atoms with E-state index in [4.69, 9.17) is 0 Å². The summed E-state index contributed by atoms with van der Waals surface area (Å²) in [7, 11) is 0. The average molecular weight is 325 g/mol. The van der Waals surface area contributed by atoms with Gasteiger partial charge in [-0.25, -0.2) is 0 Å². The molecular formula is C16H9BrN2O. The van der Waals surface area contributed by atoms with Gasteiger partial charge in [0, 0.05) is 16.1 Å². The highest BCUT2D eigenvalue weighted by Gasteiger charge is 2.16. The molecule has 96 valence electrons. The molecule has 0 spiro atoms. The highest BCUT2D eigenvalue weighted by atomic mass is 79.9. The van der Waals surface area contributed by atoms with E-state index in [0.29, 0.717) is 11.1 Å². The molecule has 0 fully saturated rings. The maximum atomic E-state index is 12.6. The molecular weight excluding hydrogens is 316 g/mol. The van der Waals surface area contributed by atoms with E-state index < -0.39 is 0 Å². The highest BCUT2D eigenvalue weighted by Crippen LogP contribution is 2.24. The van der Waals surface area contributed by atoms with E-state index in [-0.39, 0.29) is 5.91 Å². The van der Waals surface area contributed by atoms with Crippen molar-refractivity contribution in [1.29, 1.82) is 5.26 Å². The van der Waals surface area contributed by atoms with Crippen LogP contribution in [0.25, 0.3) is 10.9 Å². The van der Waals surface area contributed by atoms with E-state index in [1.54, 1.807) is 12.3 Å². The number of fused-ring (bicyclic) bond motifs is 1. The molecule has 1 heterocycles. The number of rotatable bonds is 1. The third-order valence-electron chi connectivity index (χ3n) is 3.16. The van der Waals surface area contributed by atoms with Crippen molar-refractivity contribution in [2.45, 2.75) is 0 Å². The zero-order chi connectivity index (χ0) is 14.1. The van der Waals surface area contributed by atoms with Crippen LogP contribution in [-0.2, 0) is 0 Å². The molecule has 0 atom stereocenters. The van der Waals surface area contributed by atoms with Crippen molar-refractivity contribution in [3.8, 4) is 6.07 Å². The maximum absolute atomic E-state index is 12.6. The smallest absolute Gasteiger partial charge is 0.263 e. The summed E-state index contributed by atoms with van der Waals surface area (Å²) in [5.74, 6) is -0.157. The Bertz CT molecular complexity index is 858. The van der Waals surface area contributed by atoms with Crippen LogP contribution >= 0.6 is 15.9 Å². The van der Waals surface area contributed by atoms with Gasteiger partial charge in [-0.1, -0.05) is 30.3 Å². The summed E-state index contributed by atoms with van der Waals surface area (Å²) in [6, 6.07) is 16.8. The van der Waals surface area contributed by atoms with Crippen molar-refractivity contribution in [1.82, 2.24) is 4.57 Å². The SMILES string of the molecule is N#Cc1cn(C(=O)c2ccccc2Br)c2ccccc12. The topological polar surface area (TPSA) is 45.8 Å².